The normalized spacial score (nSPS) is 11.4. The predicted octanol–water partition coefficient (Wildman–Crippen LogP) is 1.55. The number of benzene rings is 1. The number of fused-ring (bicyclic) bond motifs is 2. The number of nitrogens with zero attached hydrogens (tertiary/aromatic N) is 1. The smallest absolute Gasteiger partial charge is 0.328 e. The van der Waals surface area contributed by atoms with Gasteiger partial charge in [-0.25, -0.2) is 4.79 Å². The number of hydrogen-bond acceptors (Lipinski definition) is 5. The number of aromatic amines is 2. The molecule has 1 aliphatic heterocycles. The van der Waals surface area contributed by atoms with Crippen LogP contribution in [-0.4, -0.2) is 27.4 Å². The fourth-order valence-corrected chi connectivity index (χ4v) is 2.95. The summed E-state index contributed by atoms with van der Waals surface area (Å²) >= 11 is 0. The lowest BCUT2D eigenvalue weighted by Gasteiger charge is -2.19. The van der Waals surface area contributed by atoms with Crippen molar-refractivity contribution in [3.8, 4) is 11.6 Å². The summed E-state index contributed by atoms with van der Waals surface area (Å²) in [5, 5.41) is 2.86. The summed E-state index contributed by atoms with van der Waals surface area (Å²) in [6.45, 7) is 0.465. The summed E-state index contributed by atoms with van der Waals surface area (Å²) in [7, 11) is 0. The van der Waals surface area contributed by atoms with Crippen molar-refractivity contribution in [2.24, 2.45) is 0 Å². The second-order valence-electron chi connectivity index (χ2n) is 6.14. The van der Waals surface area contributed by atoms with E-state index >= 15 is 0 Å². The van der Waals surface area contributed by atoms with Crippen LogP contribution in [0.2, 0.25) is 0 Å². The van der Waals surface area contributed by atoms with Crippen molar-refractivity contribution in [2.45, 2.75) is 12.8 Å². The summed E-state index contributed by atoms with van der Waals surface area (Å²) in [6.07, 6.45) is 2.62. The molecule has 1 aliphatic rings. The zero-order chi connectivity index (χ0) is 18.8. The molecular formula is C19H17ClN4O4. The van der Waals surface area contributed by atoms with Crippen LogP contribution in [0.1, 0.15) is 27.2 Å². The number of carbonyl (C=O) groups excluding carboxylic acids is 1. The van der Waals surface area contributed by atoms with Crippen LogP contribution in [0.25, 0.3) is 0 Å². The molecule has 9 heteroatoms. The van der Waals surface area contributed by atoms with Crippen LogP contribution in [0, 0.1) is 0 Å². The third-order valence-electron chi connectivity index (χ3n) is 4.30. The molecule has 0 fully saturated rings. The van der Waals surface area contributed by atoms with Crippen molar-refractivity contribution in [3.63, 3.8) is 0 Å². The summed E-state index contributed by atoms with van der Waals surface area (Å²) < 4.78 is 5.60. The molecule has 1 aromatic carbocycles. The van der Waals surface area contributed by atoms with Crippen LogP contribution >= 0.6 is 12.4 Å². The van der Waals surface area contributed by atoms with Gasteiger partial charge in [-0.15, -0.1) is 12.4 Å². The van der Waals surface area contributed by atoms with Crippen LogP contribution in [0.4, 0.5) is 0 Å². The number of nitrogens with one attached hydrogen (secondary N) is 3. The first kappa shape index (κ1) is 19.4. The van der Waals surface area contributed by atoms with E-state index < -0.39 is 11.2 Å². The molecule has 1 amide bonds. The number of halogens is 1. The van der Waals surface area contributed by atoms with Crippen LogP contribution in [-0.2, 0) is 12.8 Å². The van der Waals surface area contributed by atoms with E-state index in [9.17, 15) is 14.4 Å². The van der Waals surface area contributed by atoms with Crippen LogP contribution in [0.5, 0.6) is 11.6 Å². The summed E-state index contributed by atoms with van der Waals surface area (Å²) in [4.78, 5) is 44.6. The zero-order valence-corrected chi connectivity index (χ0v) is 15.5. The molecule has 0 unspecified atom stereocenters. The molecule has 3 N–H and O–H groups in total. The molecule has 0 spiro atoms. The largest absolute Gasteiger partial charge is 0.440 e. The van der Waals surface area contributed by atoms with E-state index in [1.165, 1.54) is 0 Å². The number of pyridine rings is 1. The Bertz CT molecular complexity index is 1120. The number of amides is 1. The number of aromatic nitrogens is 3. The Morgan fingerprint density at radius 1 is 1.18 bits per heavy atom. The van der Waals surface area contributed by atoms with Crippen molar-refractivity contribution in [1.82, 2.24) is 20.3 Å². The van der Waals surface area contributed by atoms with E-state index in [1.807, 2.05) is 18.2 Å². The molecule has 0 saturated heterocycles. The fraction of sp³-hybridized carbons (Fsp3) is 0.158. The molecule has 144 valence electrons. The lowest BCUT2D eigenvalue weighted by Crippen LogP contribution is -2.28. The summed E-state index contributed by atoms with van der Waals surface area (Å²) in [6, 6.07) is 10.6. The average molecular weight is 401 g/mol. The molecule has 2 aromatic heterocycles. The molecule has 8 nitrogen and oxygen atoms in total. The minimum atomic E-state index is -0.619. The molecule has 28 heavy (non-hydrogen) atoms. The van der Waals surface area contributed by atoms with Crippen LogP contribution < -0.4 is 21.3 Å². The minimum Gasteiger partial charge on any atom is -0.440 e. The van der Waals surface area contributed by atoms with Crippen molar-refractivity contribution in [3.05, 3.63) is 85.8 Å². The SMILES string of the molecule is Cl.O=C(NCCc1ccccn1)c1ccc2c(c1)Cc1c([nH]c(=O)[nH]c1=O)O2. The molecule has 0 saturated carbocycles. The maximum absolute atomic E-state index is 12.4. The van der Waals surface area contributed by atoms with Crippen molar-refractivity contribution >= 4 is 18.3 Å². The van der Waals surface area contributed by atoms with Crippen LogP contribution in [0.3, 0.4) is 0 Å². The Kier molecular flexibility index (Phi) is 5.60. The first-order chi connectivity index (χ1) is 13.1. The third-order valence-corrected chi connectivity index (χ3v) is 4.30. The highest BCUT2D eigenvalue weighted by Crippen LogP contribution is 2.33. The maximum atomic E-state index is 12.4. The van der Waals surface area contributed by atoms with Gasteiger partial charge in [0.05, 0.1) is 5.56 Å². The summed E-state index contributed by atoms with van der Waals surface area (Å²) in [5.74, 6) is 0.438. The van der Waals surface area contributed by atoms with Gasteiger partial charge in [0.25, 0.3) is 11.5 Å². The van der Waals surface area contributed by atoms with E-state index in [-0.39, 0.29) is 30.6 Å². The van der Waals surface area contributed by atoms with E-state index in [0.29, 0.717) is 35.4 Å². The van der Waals surface area contributed by atoms with E-state index in [4.69, 9.17) is 4.74 Å². The van der Waals surface area contributed by atoms with Gasteiger partial charge in [-0.1, -0.05) is 6.07 Å². The number of rotatable bonds is 4. The van der Waals surface area contributed by atoms with Gasteiger partial charge < -0.3 is 10.1 Å². The second kappa shape index (κ2) is 8.10. The van der Waals surface area contributed by atoms with Gasteiger partial charge in [-0.3, -0.25) is 24.5 Å². The van der Waals surface area contributed by atoms with E-state index in [0.717, 1.165) is 5.69 Å². The Balaban J connectivity index is 0.00000225. The molecule has 3 heterocycles. The molecule has 3 aromatic rings. The Hall–Kier alpha value is -3.39. The minimum absolute atomic E-state index is 0. The number of ether oxygens (including phenoxy) is 1. The first-order valence-corrected chi connectivity index (χ1v) is 8.44. The Labute approximate surface area is 165 Å². The number of carbonyl (C=O) groups is 1. The highest BCUT2D eigenvalue weighted by molar-refractivity contribution is 5.94. The third kappa shape index (κ3) is 3.96. The number of hydrogen-bond donors (Lipinski definition) is 3. The molecule has 0 bridgehead atoms. The predicted molar refractivity (Wildman–Crippen MR) is 105 cm³/mol. The van der Waals surface area contributed by atoms with Crippen molar-refractivity contribution < 1.29 is 9.53 Å². The molecule has 0 atom stereocenters. The maximum Gasteiger partial charge on any atom is 0.328 e. The van der Waals surface area contributed by atoms with Crippen molar-refractivity contribution in [2.75, 3.05) is 6.54 Å². The lowest BCUT2D eigenvalue weighted by atomic mass is 10.0. The Morgan fingerprint density at radius 2 is 2.04 bits per heavy atom. The summed E-state index contributed by atoms with van der Waals surface area (Å²) in [5.41, 5.74) is 1.30. The lowest BCUT2D eigenvalue weighted by molar-refractivity contribution is 0.0954. The average Bonchev–Trinajstić information content (AvgIpc) is 2.67. The first-order valence-electron chi connectivity index (χ1n) is 8.44. The highest BCUT2D eigenvalue weighted by atomic mass is 35.5. The fourth-order valence-electron chi connectivity index (χ4n) is 2.95. The topological polar surface area (TPSA) is 117 Å². The molecular weight excluding hydrogens is 384 g/mol. The van der Waals surface area contributed by atoms with E-state index in [1.54, 1.807) is 24.4 Å². The van der Waals surface area contributed by atoms with E-state index in [2.05, 4.69) is 20.3 Å². The molecule has 0 radical (unpaired) electrons. The van der Waals surface area contributed by atoms with Gasteiger partial charge in [0.15, 0.2) is 0 Å². The van der Waals surface area contributed by atoms with Gasteiger partial charge in [0.2, 0.25) is 5.88 Å². The highest BCUT2D eigenvalue weighted by Gasteiger charge is 2.22. The number of H-pyrrole nitrogens is 2. The quantitative estimate of drug-likeness (QED) is 0.480. The zero-order valence-electron chi connectivity index (χ0n) is 14.7. The monoisotopic (exact) mass is 400 g/mol. The van der Waals surface area contributed by atoms with Crippen LogP contribution in [0.15, 0.2) is 52.2 Å². The van der Waals surface area contributed by atoms with Crippen molar-refractivity contribution in [1.29, 1.82) is 0 Å². The van der Waals surface area contributed by atoms with Gasteiger partial charge in [0, 0.05) is 42.4 Å². The van der Waals surface area contributed by atoms with Gasteiger partial charge in [-0.2, -0.15) is 0 Å². The van der Waals surface area contributed by atoms with Gasteiger partial charge in [0.1, 0.15) is 5.75 Å². The molecule has 0 aliphatic carbocycles. The Morgan fingerprint density at radius 3 is 2.82 bits per heavy atom. The molecule has 4 rings (SSSR count). The second-order valence-corrected chi connectivity index (χ2v) is 6.14. The van der Waals surface area contributed by atoms with Gasteiger partial charge >= 0.3 is 5.69 Å². The van der Waals surface area contributed by atoms with Gasteiger partial charge in [-0.05, 0) is 30.3 Å². The standard InChI is InChI=1S/C19H16N4O4.ClH/c24-16(21-8-6-13-3-1-2-7-20-13)11-4-5-15-12(9-11)10-14-17(25)22-19(26)23-18(14)27-15;/h1-5,7,9H,6,8,10H2,(H,21,24)(H2,22,23,25,26);1H.